The van der Waals surface area contributed by atoms with Crippen molar-refractivity contribution in [3.05, 3.63) is 33.8 Å². The first-order chi connectivity index (χ1) is 7.29. The van der Waals surface area contributed by atoms with Crippen LogP contribution in [0, 0.1) is 11.3 Å². The molecule has 1 aromatic carbocycles. The molecule has 3 nitrogen and oxygen atoms in total. The van der Waals surface area contributed by atoms with Gasteiger partial charge in [0.05, 0.1) is 21.7 Å². The van der Waals surface area contributed by atoms with Crippen molar-refractivity contribution in [2.45, 2.75) is 6.18 Å². The molecule has 0 saturated carbocycles. The lowest BCUT2D eigenvalue weighted by molar-refractivity contribution is -0.138. The molecule has 0 aliphatic heterocycles. The fourth-order valence-electron chi connectivity index (χ4n) is 1.11. The zero-order valence-electron chi connectivity index (χ0n) is 7.47. The predicted octanol–water partition coefficient (Wildman–Crippen LogP) is 2.93. The van der Waals surface area contributed by atoms with Crippen LogP contribution in [0.1, 0.15) is 21.5 Å². The maximum Gasteiger partial charge on any atom is 0.417 e. The van der Waals surface area contributed by atoms with E-state index in [1.165, 1.54) is 6.07 Å². The average Bonchev–Trinajstić information content (AvgIpc) is 2.15. The van der Waals surface area contributed by atoms with Crippen LogP contribution in [0.4, 0.5) is 13.2 Å². The fourth-order valence-corrected chi connectivity index (χ4v) is 1.40. The molecule has 0 atom stereocenters. The number of aromatic carboxylic acids is 1. The number of hydrogen-bond acceptors (Lipinski definition) is 2. The van der Waals surface area contributed by atoms with E-state index in [2.05, 4.69) is 0 Å². The summed E-state index contributed by atoms with van der Waals surface area (Å²) in [7, 11) is 0. The molecule has 0 aromatic heterocycles. The summed E-state index contributed by atoms with van der Waals surface area (Å²) in [5, 5.41) is 16.4. The van der Waals surface area contributed by atoms with Crippen molar-refractivity contribution in [1.29, 1.82) is 5.26 Å². The van der Waals surface area contributed by atoms with Crippen molar-refractivity contribution in [2.75, 3.05) is 0 Å². The molecule has 0 saturated heterocycles. The summed E-state index contributed by atoms with van der Waals surface area (Å²) >= 11 is 5.41. The Morgan fingerprint density at radius 3 is 2.38 bits per heavy atom. The number of carboxylic acid groups (broad SMARTS) is 1. The molecular weight excluding hydrogens is 247 g/mol. The quantitative estimate of drug-likeness (QED) is 0.832. The molecule has 0 heterocycles. The molecule has 0 unspecified atom stereocenters. The summed E-state index contributed by atoms with van der Waals surface area (Å²) < 4.78 is 37.3. The summed E-state index contributed by atoms with van der Waals surface area (Å²) in [4.78, 5) is 10.7. The van der Waals surface area contributed by atoms with Crippen LogP contribution < -0.4 is 0 Å². The minimum Gasteiger partial charge on any atom is -0.478 e. The number of carboxylic acids is 1. The second kappa shape index (κ2) is 4.02. The molecule has 84 valence electrons. The highest BCUT2D eigenvalue weighted by atomic mass is 35.5. The number of rotatable bonds is 1. The lowest BCUT2D eigenvalue weighted by Gasteiger charge is -2.11. The Kier molecular flexibility index (Phi) is 3.10. The van der Waals surface area contributed by atoms with Crippen LogP contribution in [0.25, 0.3) is 0 Å². The van der Waals surface area contributed by atoms with Crippen molar-refractivity contribution in [1.82, 2.24) is 0 Å². The van der Waals surface area contributed by atoms with Crippen LogP contribution in [0.3, 0.4) is 0 Å². The van der Waals surface area contributed by atoms with E-state index < -0.39 is 28.3 Å². The largest absolute Gasteiger partial charge is 0.478 e. The van der Waals surface area contributed by atoms with Gasteiger partial charge in [0.2, 0.25) is 0 Å². The zero-order valence-corrected chi connectivity index (χ0v) is 8.23. The Bertz CT molecular complexity index is 491. The topological polar surface area (TPSA) is 61.1 Å². The monoisotopic (exact) mass is 249 g/mol. The Balaban J connectivity index is 3.62. The molecule has 1 N–H and O–H groups in total. The van der Waals surface area contributed by atoms with Crippen molar-refractivity contribution < 1.29 is 23.1 Å². The highest BCUT2D eigenvalue weighted by molar-refractivity contribution is 6.34. The van der Waals surface area contributed by atoms with Gasteiger partial charge in [-0.15, -0.1) is 0 Å². The van der Waals surface area contributed by atoms with Crippen molar-refractivity contribution in [3.63, 3.8) is 0 Å². The Morgan fingerprint density at radius 2 is 2.00 bits per heavy atom. The van der Waals surface area contributed by atoms with Crippen LogP contribution in [0.15, 0.2) is 12.1 Å². The molecule has 16 heavy (non-hydrogen) atoms. The van der Waals surface area contributed by atoms with Gasteiger partial charge in [-0.05, 0) is 12.1 Å². The van der Waals surface area contributed by atoms with Crippen LogP contribution in [-0.4, -0.2) is 11.1 Å². The molecule has 0 aliphatic carbocycles. The molecule has 0 amide bonds. The minimum atomic E-state index is -4.83. The Morgan fingerprint density at radius 1 is 1.44 bits per heavy atom. The van der Waals surface area contributed by atoms with E-state index in [0.29, 0.717) is 6.07 Å². The van der Waals surface area contributed by atoms with Gasteiger partial charge in [0, 0.05) is 0 Å². The predicted molar refractivity (Wildman–Crippen MR) is 48.1 cm³/mol. The molecule has 0 bridgehead atoms. The Hall–Kier alpha value is -1.74. The summed E-state index contributed by atoms with van der Waals surface area (Å²) in [5.74, 6) is -1.82. The first kappa shape index (κ1) is 12.3. The third-order valence-electron chi connectivity index (χ3n) is 1.78. The maximum absolute atomic E-state index is 12.4. The van der Waals surface area contributed by atoms with E-state index in [9.17, 15) is 18.0 Å². The van der Waals surface area contributed by atoms with Crippen LogP contribution >= 0.6 is 11.6 Å². The number of carbonyl (C=O) groups is 1. The molecule has 0 fully saturated rings. The number of nitriles is 1. The minimum absolute atomic E-state index is 0.313. The average molecular weight is 250 g/mol. The first-order valence-electron chi connectivity index (χ1n) is 3.82. The van der Waals surface area contributed by atoms with Crippen molar-refractivity contribution in [3.8, 4) is 6.07 Å². The SMILES string of the molecule is N#Cc1ccc(C(F)(F)F)c(C(=O)O)c1Cl. The summed E-state index contributed by atoms with van der Waals surface area (Å²) in [6.07, 6.45) is -4.83. The molecule has 0 aliphatic rings. The van der Waals surface area contributed by atoms with E-state index in [-0.39, 0.29) is 5.56 Å². The highest BCUT2D eigenvalue weighted by Gasteiger charge is 2.37. The van der Waals surface area contributed by atoms with E-state index >= 15 is 0 Å². The van der Waals surface area contributed by atoms with Gasteiger partial charge in [-0.3, -0.25) is 0 Å². The lowest BCUT2D eigenvalue weighted by Crippen LogP contribution is -2.14. The second-order valence-corrected chi connectivity index (χ2v) is 3.14. The highest BCUT2D eigenvalue weighted by Crippen LogP contribution is 2.36. The fraction of sp³-hybridized carbons (Fsp3) is 0.111. The van der Waals surface area contributed by atoms with E-state index in [1.54, 1.807) is 0 Å². The zero-order chi connectivity index (χ0) is 12.5. The summed E-state index contributed by atoms with van der Waals surface area (Å²) in [5.41, 5.74) is -2.79. The number of nitrogens with zero attached hydrogens (tertiary/aromatic N) is 1. The van der Waals surface area contributed by atoms with Gasteiger partial charge >= 0.3 is 12.1 Å². The Labute approximate surface area is 92.7 Å². The number of alkyl halides is 3. The van der Waals surface area contributed by atoms with Crippen molar-refractivity contribution in [2.24, 2.45) is 0 Å². The third kappa shape index (κ3) is 2.09. The molecule has 7 heteroatoms. The van der Waals surface area contributed by atoms with Crippen LogP contribution in [0.2, 0.25) is 5.02 Å². The van der Waals surface area contributed by atoms with Gasteiger partial charge in [-0.25, -0.2) is 4.79 Å². The second-order valence-electron chi connectivity index (χ2n) is 2.76. The maximum atomic E-state index is 12.4. The molecular formula is C9H3ClF3NO2. The molecule has 1 rings (SSSR count). The van der Waals surface area contributed by atoms with Gasteiger partial charge in [-0.1, -0.05) is 11.6 Å². The van der Waals surface area contributed by atoms with Gasteiger partial charge < -0.3 is 5.11 Å². The van der Waals surface area contributed by atoms with Gasteiger partial charge in [0.25, 0.3) is 0 Å². The lowest BCUT2D eigenvalue weighted by atomic mass is 10.0. The normalized spacial score (nSPS) is 10.9. The summed E-state index contributed by atoms with van der Waals surface area (Å²) in [6.45, 7) is 0. The van der Waals surface area contributed by atoms with Crippen LogP contribution in [-0.2, 0) is 6.18 Å². The molecule has 1 aromatic rings. The van der Waals surface area contributed by atoms with Crippen LogP contribution in [0.5, 0.6) is 0 Å². The van der Waals surface area contributed by atoms with E-state index in [0.717, 1.165) is 6.07 Å². The van der Waals surface area contributed by atoms with Crippen molar-refractivity contribution >= 4 is 17.6 Å². The van der Waals surface area contributed by atoms with Gasteiger partial charge in [0.15, 0.2) is 0 Å². The van der Waals surface area contributed by atoms with Gasteiger partial charge in [-0.2, -0.15) is 18.4 Å². The third-order valence-corrected chi connectivity index (χ3v) is 2.17. The molecule has 0 radical (unpaired) electrons. The smallest absolute Gasteiger partial charge is 0.417 e. The number of halogens is 4. The standard InChI is InChI=1S/C9H3ClF3NO2/c10-7-4(3-14)1-2-5(9(11,12)13)6(7)8(15)16/h1-2H,(H,15,16). The first-order valence-corrected chi connectivity index (χ1v) is 4.20. The van der Waals surface area contributed by atoms with E-state index in [4.69, 9.17) is 22.0 Å². The number of benzene rings is 1. The van der Waals surface area contributed by atoms with Gasteiger partial charge in [0.1, 0.15) is 6.07 Å². The summed E-state index contributed by atoms with van der Waals surface area (Å²) in [6, 6.07) is 2.86. The number of hydrogen-bond donors (Lipinski definition) is 1. The molecule has 0 spiro atoms. The van der Waals surface area contributed by atoms with E-state index in [1.807, 2.05) is 0 Å².